The minimum Gasteiger partial charge on any atom is -0.460 e. The molecule has 1 heterocycles. The van der Waals surface area contributed by atoms with E-state index >= 15 is 0 Å². The Morgan fingerprint density at radius 1 is 0.789 bits per heavy atom. The molecule has 2 aromatic carbocycles. The van der Waals surface area contributed by atoms with Gasteiger partial charge in [-0.15, -0.1) is 0 Å². The molecule has 1 nitrogen and oxygen atoms in total. The number of benzene rings is 2. The fourth-order valence-electron chi connectivity index (χ4n) is 3.13. The zero-order chi connectivity index (χ0) is 12.7. The second-order valence-electron chi connectivity index (χ2n) is 5.26. The van der Waals surface area contributed by atoms with Gasteiger partial charge in [0.25, 0.3) is 0 Å². The van der Waals surface area contributed by atoms with Gasteiger partial charge in [-0.05, 0) is 24.8 Å². The molecule has 19 heavy (non-hydrogen) atoms. The summed E-state index contributed by atoms with van der Waals surface area (Å²) in [5, 5.41) is 1.32. The molecule has 0 N–H and O–H groups in total. The maximum atomic E-state index is 6.18. The molecular weight excluding hydrogens is 232 g/mol. The summed E-state index contributed by atoms with van der Waals surface area (Å²) in [5.41, 5.74) is 4.96. The summed E-state index contributed by atoms with van der Waals surface area (Å²) < 4.78 is 6.18. The molecule has 1 aliphatic rings. The zero-order valence-corrected chi connectivity index (χ0v) is 10.9. The summed E-state index contributed by atoms with van der Waals surface area (Å²) in [6, 6.07) is 17.0. The van der Waals surface area contributed by atoms with Gasteiger partial charge in [0.05, 0.1) is 0 Å². The van der Waals surface area contributed by atoms with Crippen molar-refractivity contribution in [2.24, 2.45) is 0 Å². The van der Waals surface area contributed by atoms with Gasteiger partial charge in [-0.1, -0.05) is 48.5 Å². The van der Waals surface area contributed by atoms with Gasteiger partial charge in [-0.3, -0.25) is 0 Å². The predicted octanol–water partition coefficient (Wildman–Crippen LogP) is 4.98. The summed E-state index contributed by atoms with van der Waals surface area (Å²) in [6.07, 6.45) is 4.81. The lowest BCUT2D eigenvalue weighted by molar-refractivity contribution is 0.506. The minimum atomic E-state index is 1.07. The Morgan fingerprint density at radius 2 is 1.63 bits per heavy atom. The lowest BCUT2D eigenvalue weighted by atomic mass is 9.94. The molecule has 1 heteroatoms. The van der Waals surface area contributed by atoms with Gasteiger partial charge < -0.3 is 4.42 Å². The third-order valence-corrected chi connectivity index (χ3v) is 4.07. The Balaban J connectivity index is 2.00. The fraction of sp³-hybridized carbons (Fsp3) is 0.222. The Hall–Kier alpha value is -2.02. The molecule has 0 aliphatic heterocycles. The molecule has 0 fully saturated rings. The van der Waals surface area contributed by atoms with Crippen molar-refractivity contribution in [2.45, 2.75) is 25.7 Å². The fourth-order valence-corrected chi connectivity index (χ4v) is 3.13. The van der Waals surface area contributed by atoms with Crippen LogP contribution in [0.1, 0.15) is 24.2 Å². The lowest BCUT2D eigenvalue weighted by Gasteiger charge is -2.08. The van der Waals surface area contributed by atoms with Crippen molar-refractivity contribution in [3.63, 3.8) is 0 Å². The van der Waals surface area contributed by atoms with E-state index in [1.165, 1.54) is 47.1 Å². The van der Waals surface area contributed by atoms with Crippen molar-refractivity contribution in [1.29, 1.82) is 0 Å². The molecule has 0 unspecified atom stereocenters. The van der Waals surface area contributed by atoms with Crippen LogP contribution in [-0.2, 0) is 12.8 Å². The average Bonchev–Trinajstić information content (AvgIpc) is 2.87. The Bertz CT molecular complexity index is 722. The van der Waals surface area contributed by atoms with Crippen LogP contribution in [0.25, 0.3) is 22.1 Å². The number of para-hydroxylation sites is 1. The van der Waals surface area contributed by atoms with E-state index in [-0.39, 0.29) is 0 Å². The summed E-state index contributed by atoms with van der Waals surface area (Å²) in [5.74, 6) is 1.21. The molecule has 0 amide bonds. The maximum Gasteiger partial charge on any atom is 0.142 e. The van der Waals surface area contributed by atoms with Crippen LogP contribution in [0.2, 0.25) is 0 Å². The molecule has 0 saturated heterocycles. The second kappa shape index (κ2) is 4.27. The number of hydrogen-bond acceptors (Lipinski definition) is 1. The van der Waals surface area contributed by atoms with E-state index < -0.39 is 0 Å². The number of aryl methyl sites for hydroxylation is 2. The van der Waals surface area contributed by atoms with Crippen LogP contribution in [0.5, 0.6) is 0 Å². The zero-order valence-electron chi connectivity index (χ0n) is 10.9. The van der Waals surface area contributed by atoms with E-state index in [9.17, 15) is 0 Å². The minimum absolute atomic E-state index is 1.07. The van der Waals surface area contributed by atoms with Gasteiger partial charge in [-0.25, -0.2) is 0 Å². The van der Waals surface area contributed by atoms with E-state index in [4.69, 9.17) is 4.42 Å². The van der Waals surface area contributed by atoms with Crippen LogP contribution in [-0.4, -0.2) is 0 Å². The Labute approximate surface area is 112 Å². The van der Waals surface area contributed by atoms with Crippen molar-refractivity contribution in [1.82, 2.24) is 0 Å². The number of rotatable bonds is 1. The highest BCUT2D eigenvalue weighted by Crippen LogP contribution is 2.37. The van der Waals surface area contributed by atoms with E-state index in [0.717, 1.165) is 12.0 Å². The standard InChI is InChI=1S/C18H16O/c1-2-7-13(8-3-1)14-10-6-11-16-15-9-4-5-12-17(15)19-18(14)16/h1-3,6-8,10-11H,4-5,9,12H2. The smallest absolute Gasteiger partial charge is 0.142 e. The largest absolute Gasteiger partial charge is 0.460 e. The van der Waals surface area contributed by atoms with E-state index in [1.54, 1.807) is 0 Å². The molecule has 0 radical (unpaired) electrons. The first-order chi connectivity index (χ1) is 9.43. The van der Waals surface area contributed by atoms with Crippen molar-refractivity contribution >= 4 is 11.0 Å². The first-order valence-electron chi connectivity index (χ1n) is 7.02. The molecular formula is C18H16O. The molecule has 0 bridgehead atoms. The predicted molar refractivity (Wildman–Crippen MR) is 78.3 cm³/mol. The van der Waals surface area contributed by atoms with Crippen LogP contribution in [0.4, 0.5) is 0 Å². The van der Waals surface area contributed by atoms with Gasteiger partial charge in [0.2, 0.25) is 0 Å². The SMILES string of the molecule is c1ccc(-c2cccc3c4c(oc23)CCCC4)cc1. The molecule has 1 aliphatic carbocycles. The third kappa shape index (κ3) is 1.69. The monoisotopic (exact) mass is 248 g/mol. The van der Waals surface area contributed by atoms with Gasteiger partial charge >= 0.3 is 0 Å². The van der Waals surface area contributed by atoms with E-state index in [0.29, 0.717) is 0 Å². The van der Waals surface area contributed by atoms with Crippen LogP contribution in [0, 0.1) is 0 Å². The summed E-state index contributed by atoms with van der Waals surface area (Å²) in [7, 11) is 0. The Kier molecular flexibility index (Phi) is 2.44. The van der Waals surface area contributed by atoms with Gasteiger partial charge in [0.15, 0.2) is 0 Å². The molecule has 0 atom stereocenters. The lowest BCUT2D eigenvalue weighted by Crippen LogP contribution is -1.98. The average molecular weight is 248 g/mol. The molecule has 0 saturated carbocycles. The quantitative estimate of drug-likeness (QED) is 0.592. The molecule has 0 spiro atoms. The van der Waals surface area contributed by atoms with Crippen molar-refractivity contribution in [2.75, 3.05) is 0 Å². The van der Waals surface area contributed by atoms with Gasteiger partial charge in [-0.2, -0.15) is 0 Å². The third-order valence-electron chi connectivity index (χ3n) is 4.07. The van der Waals surface area contributed by atoms with Crippen molar-refractivity contribution < 1.29 is 4.42 Å². The van der Waals surface area contributed by atoms with E-state index in [1.807, 2.05) is 0 Å². The first kappa shape index (κ1) is 10.9. The molecule has 94 valence electrons. The summed E-state index contributed by atoms with van der Waals surface area (Å²) in [4.78, 5) is 0. The maximum absolute atomic E-state index is 6.18. The van der Waals surface area contributed by atoms with E-state index in [2.05, 4.69) is 48.5 Å². The highest BCUT2D eigenvalue weighted by atomic mass is 16.3. The Morgan fingerprint density at radius 3 is 2.53 bits per heavy atom. The normalized spacial score (nSPS) is 14.5. The molecule has 1 aromatic heterocycles. The molecule has 3 aromatic rings. The molecule has 4 rings (SSSR count). The van der Waals surface area contributed by atoms with Crippen LogP contribution in [0.3, 0.4) is 0 Å². The van der Waals surface area contributed by atoms with Crippen molar-refractivity contribution in [3.8, 4) is 11.1 Å². The van der Waals surface area contributed by atoms with Crippen LogP contribution in [0.15, 0.2) is 52.9 Å². The second-order valence-corrected chi connectivity index (χ2v) is 5.26. The highest BCUT2D eigenvalue weighted by molar-refractivity contribution is 5.95. The first-order valence-corrected chi connectivity index (χ1v) is 7.02. The van der Waals surface area contributed by atoms with Gasteiger partial charge in [0, 0.05) is 22.9 Å². The highest BCUT2D eigenvalue weighted by Gasteiger charge is 2.19. The van der Waals surface area contributed by atoms with Crippen LogP contribution >= 0.6 is 0 Å². The van der Waals surface area contributed by atoms with Crippen molar-refractivity contribution in [3.05, 3.63) is 59.9 Å². The summed E-state index contributed by atoms with van der Waals surface area (Å²) in [6.45, 7) is 0. The number of hydrogen-bond donors (Lipinski definition) is 0. The van der Waals surface area contributed by atoms with Gasteiger partial charge in [0.1, 0.15) is 11.3 Å². The number of fused-ring (bicyclic) bond motifs is 3. The van der Waals surface area contributed by atoms with Crippen LogP contribution < -0.4 is 0 Å². The summed E-state index contributed by atoms with van der Waals surface area (Å²) >= 11 is 0. The topological polar surface area (TPSA) is 13.1 Å². The number of furan rings is 1.